The van der Waals surface area contributed by atoms with Crippen molar-refractivity contribution >= 4 is 23.5 Å². The third-order valence-corrected chi connectivity index (χ3v) is 3.66. The lowest BCUT2D eigenvalue weighted by Crippen LogP contribution is -2.03. The lowest BCUT2D eigenvalue weighted by atomic mass is 10.5. The summed E-state index contributed by atoms with van der Waals surface area (Å²) in [6, 6.07) is 0. The quantitative estimate of drug-likeness (QED) is 0.229. The maximum atomic E-state index is 11.3. The first-order chi connectivity index (χ1) is 9.41. The first kappa shape index (κ1) is 21.3. The van der Waals surface area contributed by atoms with Gasteiger partial charge < -0.3 is 24.5 Å². The Bertz CT molecular complexity index is 389. The summed E-state index contributed by atoms with van der Waals surface area (Å²) in [6.45, 7) is -1.43. The molecule has 0 aliphatic rings. The van der Waals surface area contributed by atoms with E-state index >= 15 is 0 Å². The molecule has 0 fully saturated rings. The van der Waals surface area contributed by atoms with Crippen LogP contribution < -0.4 is 0 Å². The molecule has 21 heavy (non-hydrogen) atoms. The van der Waals surface area contributed by atoms with Crippen molar-refractivity contribution in [3.63, 3.8) is 0 Å². The molecule has 0 aromatic rings. The summed E-state index contributed by atoms with van der Waals surface area (Å²) in [5, 5.41) is 0. The Kier molecular flexibility index (Phi) is 9.61. The summed E-state index contributed by atoms with van der Waals surface area (Å²) in [5.41, 5.74) is 0. The van der Waals surface area contributed by atoms with E-state index in [0.29, 0.717) is 0 Å². The number of phosphoric acid groups is 3. The summed E-state index contributed by atoms with van der Waals surface area (Å²) >= 11 is 0. The van der Waals surface area contributed by atoms with Gasteiger partial charge in [0.15, 0.2) is 0 Å². The molecule has 0 bridgehead atoms. The van der Waals surface area contributed by atoms with Crippen LogP contribution in [-0.2, 0) is 31.8 Å². The first-order valence-electron chi connectivity index (χ1n) is 5.43. The predicted molar refractivity (Wildman–Crippen MR) is 67.0 cm³/mol. The molecule has 128 valence electrons. The Hall–Kier alpha value is 0.330. The van der Waals surface area contributed by atoms with Gasteiger partial charge in [0.25, 0.3) is 0 Å². The summed E-state index contributed by atoms with van der Waals surface area (Å²) in [4.78, 5) is 42.6. The Labute approximate surface area is 120 Å². The van der Waals surface area contributed by atoms with Crippen LogP contribution in [0.2, 0.25) is 0 Å². The predicted octanol–water partition coefficient (Wildman–Crippen LogP) is 0.119. The van der Waals surface area contributed by atoms with Gasteiger partial charge in [-0.15, -0.1) is 0 Å². The van der Waals surface area contributed by atoms with Crippen molar-refractivity contribution in [2.45, 2.75) is 12.8 Å². The molecule has 0 atom stereocenters. The van der Waals surface area contributed by atoms with Crippen molar-refractivity contribution in [3.8, 4) is 0 Å². The zero-order valence-electron chi connectivity index (χ0n) is 10.7. The van der Waals surface area contributed by atoms with Crippen LogP contribution in [0.3, 0.4) is 0 Å². The van der Waals surface area contributed by atoms with E-state index in [2.05, 4.69) is 18.1 Å². The molecule has 0 saturated heterocycles. The third kappa shape index (κ3) is 16.5. The van der Waals surface area contributed by atoms with Gasteiger partial charge in [-0.25, -0.2) is 13.7 Å². The van der Waals surface area contributed by atoms with Crippen molar-refractivity contribution in [1.29, 1.82) is 0 Å². The van der Waals surface area contributed by atoms with Gasteiger partial charge in [0.1, 0.15) is 0 Å². The van der Waals surface area contributed by atoms with Crippen LogP contribution in [0.15, 0.2) is 0 Å². The fourth-order valence-corrected chi connectivity index (χ4v) is 2.41. The van der Waals surface area contributed by atoms with Crippen LogP contribution in [0.1, 0.15) is 12.8 Å². The molecule has 0 aromatic heterocycles. The van der Waals surface area contributed by atoms with Crippen molar-refractivity contribution in [3.05, 3.63) is 0 Å². The van der Waals surface area contributed by atoms with E-state index in [4.69, 9.17) is 24.5 Å². The molecule has 12 nitrogen and oxygen atoms in total. The van der Waals surface area contributed by atoms with Crippen LogP contribution in [0.5, 0.6) is 0 Å². The van der Waals surface area contributed by atoms with Gasteiger partial charge in [0.2, 0.25) is 0 Å². The fraction of sp³-hybridized carbons (Fsp3) is 1.00. The van der Waals surface area contributed by atoms with Gasteiger partial charge in [-0.1, -0.05) is 0 Å². The molecule has 0 saturated carbocycles. The summed E-state index contributed by atoms with van der Waals surface area (Å²) in [5.74, 6) is 0. The van der Waals surface area contributed by atoms with Crippen molar-refractivity contribution in [1.82, 2.24) is 0 Å². The van der Waals surface area contributed by atoms with Crippen molar-refractivity contribution < 1.29 is 56.3 Å². The van der Waals surface area contributed by atoms with Gasteiger partial charge in [0, 0.05) is 0 Å². The highest BCUT2D eigenvalue weighted by molar-refractivity contribution is 7.47. The first-order valence-corrected chi connectivity index (χ1v) is 9.99. The SMILES string of the molecule is O=P(O)(O)OCCCOP(=O)(O)OCCCOP(=O)(O)O. The molecule has 15 heteroatoms. The van der Waals surface area contributed by atoms with Gasteiger partial charge >= 0.3 is 23.5 Å². The molecule has 0 amide bonds. The van der Waals surface area contributed by atoms with Crippen LogP contribution in [0, 0.1) is 0 Å². The zero-order chi connectivity index (χ0) is 16.6. The Morgan fingerprint density at radius 2 is 0.857 bits per heavy atom. The van der Waals surface area contributed by atoms with Crippen LogP contribution in [-0.4, -0.2) is 50.9 Å². The van der Waals surface area contributed by atoms with E-state index in [9.17, 15) is 13.7 Å². The van der Waals surface area contributed by atoms with E-state index in [1.165, 1.54) is 0 Å². The second-order valence-corrected chi connectivity index (χ2v) is 7.42. The minimum Gasteiger partial charge on any atom is -0.303 e. The zero-order valence-corrected chi connectivity index (χ0v) is 13.4. The second-order valence-electron chi connectivity index (χ2n) is 3.49. The van der Waals surface area contributed by atoms with Gasteiger partial charge in [-0.3, -0.25) is 18.1 Å². The topological polar surface area (TPSA) is 189 Å². The van der Waals surface area contributed by atoms with E-state index in [1.807, 2.05) is 0 Å². The maximum absolute atomic E-state index is 11.3. The second kappa shape index (κ2) is 9.46. The molecule has 5 N–H and O–H groups in total. The Balaban J connectivity index is 3.68. The molecule has 0 unspecified atom stereocenters. The van der Waals surface area contributed by atoms with Crippen LogP contribution >= 0.6 is 23.5 Å². The normalized spacial score (nSPS) is 13.6. The van der Waals surface area contributed by atoms with E-state index < -0.39 is 23.5 Å². The lowest BCUT2D eigenvalue weighted by molar-refractivity contribution is 0.126. The molecule has 0 aliphatic heterocycles. The Morgan fingerprint density at radius 3 is 1.14 bits per heavy atom. The van der Waals surface area contributed by atoms with Crippen LogP contribution in [0.4, 0.5) is 0 Å². The molecular weight excluding hydrogens is 357 g/mol. The fourth-order valence-electron chi connectivity index (χ4n) is 0.882. The molecule has 0 heterocycles. The monoisotopic (exact) mass is 374 g/mol. The van der Waals surface area contributed by atoms with E-state index in [0.717, 1.165) is 0 Å². The van der Waals surface area contributed by atoms with Gasteiger partial charge in [0.05, 0.1) is 26.4 Å². The molecule has 0 rings (SSSR count). The summed E-state index contributed by atoms with van der Waals surface area (Å²) in [7, 11) is -13.5. The molecule has 0 radical (unpaired) electrons. The van der Waals surface area contributed by atoms with Crippen molar-refractivity contribution in [2.24, 2.45) is 0 Å². The highest BCUT2D eigenvalue weighted by Gasteiger charge is 2.21. The third-order valence-electron chi connectivity index (χ3n) is 1.61. The minimum atomic E-state index is -4.58. The Morgan fingerprint density at radius 1 is 0.571 bits per heavy atom. The van der Waals surface area contributed by atoms with Gasteiger partial charge in [-0.05, 0) is 12.8 Å². The lowest BCUT2D eigenvalue weighted by Gasteiger charge is -2.12. The largest absolute Gasteiger partial charge is 0.472 e. The van der Waals surface area contributed by atoms with Crippen molar-refractivity contribution in [2.75, 3.05) is 26.4 Å². The van der Waals surface area contributed by atoms with Gasteiger partial charge in [-0.2, -0.15) is 0 Å². The summed E-state index contributed by atoms with van der Waals surface area (Å²) in [6.07, 6.45) is -0.110. The average Bonchev–Trinajstić information content (AvgIpc) is 2.24. The number of hydrogen-bond acceptors (Lipinski definition) is 7. The number of rotatable bonds is 12. The number of hydrogen-bond donors (Lipinski definition) is 5. The van der Waals surface area contributed by atoms with Crippen LogP contribution in [0.25, 0.3) is 0 Å². The highest BCUT2D eigenvalue weighted by Crippen LogP contribution is 2.43. The smallest absolute Gasteiger partial charge is 0.303 e. The average molecular weight is 374 g/mol. The minimum absolute atomic E-state index is 0.0552. The molecule has 0 aliphatic carbocycles. The molecular formula is C6H17O12P3. The van der Waals surface area contributed by atoms with E-state index in [1.54, 1.807) is 0 Å². The van der Waals surface area contributed by atoms with E-state index in [-0.39, 0.29) is 39.3 Å². The maximum Gasteiger partial charge on any atom is 0.472 e. The molecule has 0 spiro atoms. The standard InChI is InChI=1S/C6H17O12P3/c7-19(8,9)15-3-1-5-17-21(13,14)18-6-2-4-16-20(10,11)12/h1-6H2,(H,13,14)(H2,7,8,9)(H2,10,11,12). The summed E-state index contributed by atoms with van der Waals surface area (Å²) < 4.78 is 48.9. The highest BCUT2D eigenvalue weighted by atomic mass is 31.2. The molecule has 0 aromatic carbocycles. The number of phosphoric ester groups is 3.